The highest BCUT2D eigenvalue weighted by molar-refractivity contribution is 6.00. The van der Waals surface area contributed by atoms with Crippen molar-refractivity contribution in [3.63, 3.8) is 0 Å². The van der Waals surface area contributed by atoms with E-state index in [4.69, 9.17) is 5.73 Å². The van der Waals surface area contributed by atoms with Gasteiger partial charge >= 0.3 is 0 Å². The first-order valence-corrected chi connectivity index (χ1v) is 5.44. The summed E-state index contributed by atoms with van der Waals surface area (Å²) >= 11 is 0. The van der Waals surface area contributed by atoms with E-state index in [0.29, 0.717) is 0 Å². The number of primary amides is 1. The monoisotopic (exact) mass is 211 g/mol. The Kier molecular flexibility index (Phi) is 1.67. The lowest BCUT2D eigenvalue weighted by Crippen LogP contribution is -2.38. The van der Waals surface area contributed by atoms with Gasteiger partial charge in [-0.15, -0.1) is 0 Å². The summed E-state index contributed by atoms with van der Waals surface area (Å²) in [6.45, 7) is 1.93. The smallest absolute Gasteiger partial charge is 0.228 e. The van der Waals surface area contributed by atoms with Crippen LogP contribution in [0.15, 0.2) is 36.4 Å². The minimum absolute atomic E-state index is 0.240. The average Bonchev–Trinajstić information content (AvgIpc) is 2.57. The molecule has 16 heavy (non-hydrogen) atoms. The molecule has 2 aromatic carbocycles. The second kappa shape index (κ2) is 2.85. The number of carbonyl (C=O) groups excluding carboxylic acids is 1. The molecule has 1 amide bonds. The molecular weight excluding hydrogens is 198 g/mol. The van der Waals surface area contributed by atoms with E-state index in [2.05, 4.69) is 18.2 Å². The summed E-state index contributed by atoms with van der Waals surface area (Å²) in [5.74, 6) is -0.240. The summed E-state index contributed by atoms with van der Waals surface area (Å²) in [7, 11) is 0. The van der Waals surface area contributed by atoms with Crippen molar-refractivity contribution in [3.8, 4) is 0 Å². The van der Waals surface area contributed by atoms with Crippen molar-refractivity contribution in [2.45, 2.75) is 18.8 Å². The first-order valence-electron chi connectivity index (χ1n) is 5.44. The van der Waals surface area contributed by atoms with Gasteiger partial charge in [-0.3, -0.25) is 4.79 Å². The Balaban J connectivity index is 2.42. The van der Waals surface area contributed by atoms with E-state index >= 15 is 0 Å². The first kappa shape index (κ1) is 9.40. The van der Waals surface area contributed by atoms with Crippen molar-refractivity contribution in [2.75, 3.05) is 0 Å². The van der Waals surface area contributed by atoms with Crippen LogP contribution in [0.1, 0.15) is 18.1 Å². The Labute approximate surface area is 94.1 Å². The number of hydrogen-bond donors (Lipinski definition) is 1. The average molecular weight is 211 g/mol. The predicted molar refractivity (Wildman–Crippen MR) is 64.2 cm³/mol. The summed E-state index contributed by atoms with van der Waals surface area (Å²) in [6.07, 6.45) is 0.721. The van der Waals surface area contributed by atoms with Gasteiger partial charge in [0.2, 0.25) is 5.91 Å². The summed E-state index contributed by atoms with van der Waals surface area (Å²) in [4.78, 5) is 11.7. The van der Waals surface area contributed by atoms with Crippen LogP contribution >= 0.6 is 0 Å². The molecule has 0 bridgehead atoms. The summed E-state index contributed by atoms with van der Waals surface area (Å²) < 4.78 is 0. The molecule has 2 N–H and O–H groups in total. The zero-order valence-electron chi connectivity index (χ0n) is 9.16. The van der Waals surface area contributed by atoms with Gasteiger partial charge in [-0.05, 0) is 35.2 Å². The molecule has 1 aliphatic carbocycles. The van der Waals surface area contributed by atoms with Gasteiger partial charge in [-0.2, -0.15) is 0 Å². The van der Waals surface area contributed by atoms with Crippen molar-refractivity contribution in [1.29, 1.82) is 0 Å². The van der Waals surface area contributed by atoms with Crippen molar-refractivity contribution in [3.05, 3.63) is 47.5 Å². The van der Waals surface area contributed by atoms with E-state index in [1.165, 1.54) is 16.3 Å². The zero-order valence-corrected chi connectivity index (χ0v) is 9.16. The van der Waals surface area contributed by atoms with Crippen LogP contribution in [-0.2, 0) is 16.6 Å². The zero-order chi connectivity index (χ0) is 11.3. The van der Waals surface area contributed by atoms with Crippen molar-refractivity contribution >= 4 is 16.7 Å². The second-order valence-electron chi connectivity index (χ2n) is 4.69. The molecule has 0 aliphatic heterocycles. The van der Waals surface area contributed by atoms with E-state index in [-0.39, 0.29) is 5.91 Å². The summed E-state index contributed by atoms with van der Waals surface area (Å²) in [5.41, 5.74) is 7.32. The molecular formula is C14H13NO. The Hall–Kier alpha value is -1.83. The second-order valence-corrected chi connectivity index (χ2v) is 4.69. The fourth-order valence-electron chi connectivity index (χ4n) is 2.72. The lowest BCUT2D eigenvalue weighted by Gasteiger charge is -2.20. The van der Waals surface area contributed by atoms with E-state index in [0.717, 1.165) is 12.0 Å². The molecule has 2 heteroatoms. The van der Waals surface area contributed by atoms with E-state index < -0.39 is 5.41 Å². The first-order chi connectivity index (χ1) is 7.63. The molecule has 0 saturated heterocycles. The fraction of sp³-hybridized carbons (Fsp3) is 0.214. The third-order valence-electron chi connectivity index (χ3n) is 3.67. The molecule has 1 aliphatic rings. The molecule has 0 spiro atoms. The van der Waals surface area contributed by atoms with Gasteiger partial charge in [0.1, 0.15) is 0 Å². The van der Waals surface area contributed by atoms with Crippen LogP contribution in [0.25, 0.3) is 10.8 Å². The third kappa shape index (κ3) is 0.990. The summed E-state index contributed by atoms with van der Waals surface area (Å²) in [5, 5.41) is 2.41. The summed E-state index contributed by atoms with van der Waals surface area (Å²) in [6, 6.07) is 12.3. The Morgan fingerprint density at radius 1 is 1.25 bits per heavy atom. The lowest BCUT2D eigenvalue weighted by molar-refractivity contribution is -0.122. The van der Waals surface area contributed by atoms with Crippen molar-refractivity contribution < 1.29 is 4.79 Å². The van der Waals surface area contributed by atoms with Crippen LogP contribution in [0.4, 0.5) is 0 Å². The largest absolute Gasteiger partial charge is 0.369 e. The number of rotatable bonds is 1. The molecule has 80 valence electrons. The molecule has 2 aromatic rings. The molecule has 0 radical (unpaired) electrons. The van der Waals surface area contributed by atoms with Crippen LogP contribution in [0, 0.1) is 0 Å². The molecule has 2 nitrogen and oxygen atoms in total. The van der Waals surface area contributed by atoms with Gasteiger partial charge in [0.05, 0.1) is 5.41 Å². The van der Waals surface area contributed by atoms with Crippen molar-refractivity contribution in [1.82, 2.24) is 0 Å². The Morgan fingerprint density at radius 2 is 1.94 bits per heavy atom. The van der Waals surface area contributed by atoms with E-state index in [1.807, 2.05) is 25.1 Å². The maximum Gasteiger partial charge on any atom is 0.228 e. The van der Waals surface area contributed by atoms with Crippen LogP contribution in [0.3, 0.4) is 0 Å². The molecule has 3 rings (SSSR count). The van der Waals surface area contributed by atoms with Gasteiger partial charge < -0.3 is 5.73 Å². The predicted octanol–water partition coefficient (Wildman–Crippen LogP) is 2.14. The molecule has 0 aromatic heterocycles. The Morgan fingerprint density at radius 3 is 2.62 bits per heavy atom. The molecule has 0 heterocycles. The van der Waals surface area contributed by atoms with Crippen LogP contribution in [-0.4, -0.2) is 5.91 Å². The third-order valence-corrected chi connectivity index (χ3v) is 3.67. The van der Waals surface area contributed by atoms with Gasteiger partial charge in [0.15, 0.2) is 0 Å². The number of nitrogens with two attached hydrogens (primary N) is 1. The van der Waals surface area contributed by atoms with Crippen LogP contribution in [0.5, 0.6) is 0 Å². The van der Waals surface area contributed by atoms with E-state index in [9.17, 15) is 4.79 Å². The normalized spacial score (nSPS) is 22.6. The quantitative estimate of drug-likeness (QED) is 0.771. The maximum atomic E-state index is 11.7. The molecule has 0 saturated carbocycles. The topological polar surface area (TPSA) is 43.1 Å². The molecule has 1 atom stereocenters. The standard InChI is InChI=1S/C14H13NO/c1-14(13(15)16)8-10-6-2-4-9-5-3-7-11(14)12(9)10/h2-7H,8H2,1H3,(H2,15,16). The van der Waals surface area contributed by atoms with Gasteiger partial charge in [-0.25, -0.2) is 0 Å². The highest BCUT2D eigenvalue weighted by Crippen LogP contribution is 2.42. The lowest BCUT2D eigenvalue weighted by atomic mass is 9.82. The Bertz CT molecular complexity index is 597. The maximum absolute atomic E-state index is 11.7. The number of carbonyl (C=O) groups is 1. The van der Waals surface area contributed by atoms with Gasteiger partial charge in [0.25, 0.3) is 0 Å². The highest BCUT2D eigenvalue weighted by Gasteiger charge is 2.40. The van der Waals surface area contributed by atoms with Crippen LogP contribution < -0.4 is 5.73 Å². The number of hydrogen-bond acceptors (Lipinski definition) is 1. The van der Waals surface area contributed by atoms with Gasteiger partial charge in [-0.1, -0.05) is 36.4 Å². The molecule has 1 unspecified atom stereocenters. The minimum atomic E-state index is -0.538. The number of amides is 1. The highest BCUT2D eigenvalue weighted by atomic mass is 16.1. The van der Waals surface area contributed by atoms with Gasteiger partial charge in [0, 0.05) is 0 Å². The van der Waals surface area contributed by atoms with Crippen LogP contribution in [0.2, 0.25) is 0 Å². The van der Waals surface area contributed by atoms with Crippen molar-refractivity contribution in [2.24, 2.45) is 5.73 Å². The minimum Gasteiger partial charge on any atom is -0.369 e. The molecule has 0 fully saturated rings. The van der Waals surface area contributed by atoms with E-state index in [1.54, 1.807) is 0 Å². The number of benzene rings is 2. The fourth-order valence-corrected chi connectivity index (χ4v) is 2.72. The SMILES string of the molecule is CC1(C(N)=O)Cc2cccc3cccc1c23.